The van der Waals surface area contributed by atoms with Crippen LogP contribution in [0.25, 0.3) is 0 Å². The second kappa shape index (κ2) is 10.0. The van der Waals surface area contributed by atoms with E-state index in [9.17, 15) is 14.7 Å². The topological polar surface area (TPSA) is 87.1 Å². The van der Waals surface area contributed by atoms with Crippen LogP contribution < -0.4 is 0 Å². The number of ether oxygens (including phenoxy) is 1. The first-order valence-corrected chi connectivity index (χ1v) is 11.6. The molecule has 1 aliphatic heterocycles. The van der Waals surface area contributed by atoms with Crippen molar-refractivity contribution in [3.05, 3.63) is 21.9 Å². The summed E-state index contributed by atoms with van der Waals surface area (Å²) in [6, 6.07) is 3.45. The summed E-state index contributed by atoms with van der Waals surface area (Å²) in [4.78, 5) is 26.3. The minimum atomic E-state index is -0.918. The first-order chi connectivity index (χ1) is 13.9. The number of aliphatic hydroxyl groups excluding tert-OH is 1. The maximum Gasteiger partial charge on any atom is 0.345 e. The van der Waals surface area contributed by atoms with Crippen molar-refractivity contribution < 1.29 is 24.5 Å². The lowest BCUT2D eigenvalue weighted by molar-refractivity contribution is -0.130. The molecule has 6 nitrogen and oxygen atoms in total. The molecule has 2 N–H and O–H groups in total. The van der Waals surface area contributed by atoms with E-state index in [1.807, 2.05) is 4.90 Å². The molecule has 1 aliphatic carbocycles. The fourth-order valence-corrected chi connectivity index (χ4v) is 5.56. The van der Waals surface area contributed by atoms with E-state index in [2.05, 4.69) is 6.92 Å². The summed E-state index contributed by atoms with van der Waals surface area (Å²) in [5.74, 6) is -0.747. The molecule has 1 amide bonds. The van der Waals surface area contributed by atoms with Crippen LogP contribution in [-0.4, -0.2) is 52.3 Å². The lowest BCUT2D eigenvalue weighted by atomic mass is 9.62. The van der Waals surface area contributed by atoms with Crippen LogP contribution in [0.3, 0.4) is 0 Å². The number of carbonyl (C=O) groups is 2. The van der Waals surface area contributed by atoms with E-state index in [0.717, 1.165) is 49.8 Å². The van der Waals surface area contributed by atoms with Crippen molar-refractivity contribution >= 4 is 23.2 Å². The standard InChI is InChI=1S/C22H33NO5S/c1-2-10-22(11-4-12-22)19(24)5-3-13-23-16(6-9-20(23)25)14-28-15-17-7-8-18(29-17)21(26)27/h7-8,16,19,24H,2-6,9-15H2,1H3,(H,26,27)/t16?,19-/m1/s1. The van der Waals surface area contributed by atoms with Gasteiger partial charge in [0, 0.05) is 17.8 Å². The smallest absolute Gasteiger partial charge is 0.345 e. The third kappa shape index (κ3) is 5.38. The van der Waals surface area contributed by atoms with Crippen LogP contribution >= 0.6 is 11.3 Å². The first kappa shape index (κ1) is 22.2. The number of nitrogens with zero attached hydrogens (tertiary/aromatic N) is 1. The summed E-state index contributed by atoms with van der Waals surface area (Å²) >= 11 is 1.22. The SMILES string of the molecule is CCCC1([C@H](O)CCCN2C(=O)CCC2COCc2ccc(C(=O)O)s2)CCC1. The van der Waals surface area contributed by atoms with Gasteiger partial charge in [-0.1, -0.05) is 19.8 Å². The highest BCUT2D eigenvalue weighted by molar-refractivity contribution is 7.13. The zero-order valence-corrected chi connectivity index (χ0v) is 18.1. The molecule has 7 heteroatoms. The van der Waals surface area contributed by atoms with Crippen molar-refractivity contribution in [2.75, 3.05) is 13.2 Å². The highest BCUT2D eigenvalue weighted by atomic mass is 32.1. The van der Waals surface area contributed by atoms with Gasteiger partial charge in [0.25, 0.3) is 0 Å². The van der Waals surface area contributed by atoms with Gasteiger partial charge in [0.05, 0.1) is 25.4 Å². The highest BCUT2D eigenvalue weighted by Gasteiger charge is 2.42. The molecule has 2 aliphatic rings. The Kier molecular flexibility index (Phi) is 7.71. The molecular formula is C22H33NO5S. The summed E-state index contributed by atoms with van der Waals surface area (Å²) in [6.07, 6.45) is 8.36. The van der Waals surface area contributed by atoms with Crippen molar-refractivity contribution in [3.63, 3.8) is 0 Å². The van der Waals surface area contributed by atoms with E-state index in [1.54, 1.807) is 12.1 Å². The molecule has 2 fully saturated rings. The third-order valence-electron chi connectivity index (χ3n) is 6.56. The molecular weight excluding hydrogens is 390 g/mol. The van der Waals surface area contributed by atoms with Gasteiger partial charge in [-0.2, -0.15) is 0 Å². The molecule has 0 radical (unpaired) electrons. The third-order valence-corrected chi connectivity index (χ3v) is 7.61. The molecule has 162 valence electrons. The van der Waals surface area contributed by atoms with Crippen LogP contribution in [0.2, 0.25) is 0 Å². The van der Waals surface area contributed by atoms with Gasteiger partial charge in [0.1, 0.15) is 4.88 Å². The Morgan fingerprint density at radius 3 is 2.83 bits per heavy atom. The zero-order valence-electron chi connectivity index (χ0n) is 17.3. The Morgan fingerprint density at radius 1 is 1.41 bits per heavy atom. The van der Waals surface area contributed by atoms with Crippen molar-refractivity contribution in [1.82, 2.24) is 4.90 Å². The number of carboxylic acids is 1. The van der Waals surface area contributed by atoms with E-state index in [1.165, 1.54) is 17.8 Å². The zero-order chi connectivity index (χ0) is 20.9. The van der Waals surface area contributed by atoms with Crippen LogP contribution in [0, 0.1) is 5.41 Å². The monoisotopic (exact) mass is 423 g/mol. The van der Waals surface area contributed by atoms with Gasteiger partial charge in [-0.05, 0) is 56.1 Å². The molecule has 1 aromatic rings. The summed E-state index contributed by atoms with van der Waals surface area (Å²) in [5, 5.41) is 19.7. The highest BCUT2D eigenvalue weighted by Crippen LogP contribution is 2.48. The molecule has 0 spiro atoms. The maximum absolute atomic E-state index is 12.3. The molecule has 3 rings (SSSR count). The second-order valence-electron chi connectivity index (χ2n) is 8.49. The average Bonchev–Trinajstić information content (AvgIpc) is 3.26. The van der Waals surface area contributed by atoms with Gasteiger partial charge in [-0.15, -0.1) is 11.3 Å². The molecule has 1 saturated heterocycles. The number of amides is 1. The van der Waals surface area contributed by atoms with Gasteiger partial charge in [0.15, 0.2) is 0 Å². The van der Waals surface area contributed by atoms with Gasteiger partial charge >= 0.3 is 5.97 Å². The van der Waals surface area contributed by atoms with Crippen molar-refractivity contribution in [1.29, 1.82) is 0 Å². The van der Waals surface area contributed by atoms with E-state index < -0.39 is 5.97 Å². The Balaban J connectivity index is 1.42. The Bertz CT molecular complexity index is 699. The molecule has 0 aromatic carbocycles. The lowest BCUT2D eigenvalue weighted by Gasteiger charge is -2.46. The van der Waals surface area contributed by atoms with Gasteiger partial charge in [-0.3, -0.25) is 4.79 Å². The normalized spacial score (nSPS) is 21.9. The second-order valence-corrected chi connectivity index (χ2v) is 9.66. The number of thiophene rings is 1. The summed E-state index contributed by atoms with van der Waals surface area (Å²) in [6.45, 7) is 3.69. The maximum atomic E-state index is 12.3. The number of hydrogen-bond acceptors (Lipinski definition) is 5. The average molecular weight is 424 g/mol. The number of hydrogen-bond donors (Lipinski definition) is 2. The Labute approximate surface area is 176 Å². The predicted octanol–water partition coefficient (Wildman–Crippen LogP) is 4.07. The number of aliphatic hydroxyl groups is 1. The van der Waals surface area contributed by atoms with Crippen LogP contribution in [-0.2, 0) is 16.1 Å². The van der Waals surface area contributed by atoms with Crippen LogP contribution in [0.1, 0.15) is 79.3 Å². The quantitative estimate of drug-likeness (QED) is 0.529. The largest absolute Gasteiger partial charge is 0.477 e. The lowest BCUT2D eigenvalue weighted by Crippen LogP contribution is -2.42. The number of rotatable bonds is 12. The number of likely N-dealkylation sites (tertiary alicyclic amines) is 1. The van der Waals surface area contributed by atoms with Crippen LogP contribution in [0.5, 0.6) is 0 Å². The summed E-state index contributed by atoms with van der Waals surface area (Å²) < 4.78 is 5.79. The van der Waals surface area contributed by atoms with Gasteiger partial charge < -0.3 is 19.8 Å². The Hall–Kier alpha value is -1.44. The van der Waals surface area contributed by atoms with Crippen LogP contribution in [0.15, 0.2) is 12.1 Å². The molecule has 1 aromatic heterocycles. The van der Waals surface area contributed by atoms with Crippen molar-refractivity contribution in [2.45, 2.75) is 83.5 Å². The van der Waals surface area contributed by atoms with Gasteiger partial charge in [-0.25, -0.2) is 4.79 Å². The van der Waals surface area contributed by atoms with Crippen molar-refractivity contribution in [3.8, 4) is 0 Å². The minimum absolute atomic E-state index is 0.0758. The predicted molar refractivity (Wildman–Crippen MR) is 112 cm³/mol. The van der Waals surface area contributed by atoms with Gasteiger partial charge in [0.2, 0.25) is 5.91 Å². The number of carboxylic acid groups (broad SMARTS) is 1. The molecule has 2 heterocycles. The van der Waals surface area contributed by atoms with E-state index >= 15 is 0 Å². The molecule has 29 heavy (non-hydrogen) atoms. The molecule has 0 bridgehead atoms. The summed E-state index contributed by atoms with van der Waals surface area (Å²) in [7, 11) is 0. The fourth-order valence-electron chi connectivity index (χ4n) is 4.78. The van der Waals surface area contributed by atoms with E-state index in [4.69, 9.17) is 9.84 Å². The number of aromatic carboxylic acids is 1. The molecule has 2 atom stereocenters. The minimum Gasteiger partial charge on any atom is -0.477 e. The van der Waals surface area contributed by atoms with Crippen molar-refractivity contribution in [2.24, 2.45) is 5.41 Å². The van der Waals surface area contributed by atoms with E-state index in [0.29, 0.717) is 31.1 Å². The molecule has 1 saturated carbocycles. The number of carbonyl (C=O) groups excluding carboxylic acids is 1. The fraction of sp³-hybridized carbons (Fsp3) is 0.727. The summed E-state index contributed by atoms with van der Waals surface area (Å²) in [5.41, 5.74) is 0.127. The van der Waals surface area contributed by atoms with Crippen LogP contribution in [0.4, 0.5) is 0 Å². The first-order valence-electron chi connectivity index (χ1n) is 10.8. The Morgan fingerprint density at radius 2 is 2.21 bits per heavy atom. The molecule has 1 unspecified atom stereocenters. The van der Waals surface area contributed by atoms with E-state index in [-0.39, 0.29) is 23.5 Å².